The molecule has 0 saturated carbocycles. The van der Waals surface area contributed by atoms with Gasteiger partial charge < -0.3 is 5.21 Å². The normalized spacial score (nSPS) is 19.6. The second-order valence-corrected chi connectivity index (χ2v) is 5.00. The van der Waals surface area contributed by atoms with E-state index in [9.17, 15) is 5.21 Å². The highest BCUT2D eigenvalue weighted by atomic mass is 35.5. The van der Waals surface area contributed by atoms with E-state index in [4.69, 9.17) is 11.6 Å². The van der Waals surface area contributed by atoms with E-state index in [1.54, 1.807) is 0 Å². The number of benzene rings is 2. The lowest BCUT2D eigenvalue weighted by Gasteiger charge is -2.33. The minimum absolute atomic E-state index is 0.0905. The highest BCUT2D eigenvalue weighted by molar-refractivity contribution is 6.30. The monoisotopic (exact) mass is 259 g/mol. The summed E-state index contributed by atoms with van der Waals surface area (Å²) >= 11 is 5.91. The summed E-state index contributed by atoms with van der Waals surface area (Å²) in [5.74, 6) is 0. The number of fused-ring (bicyclic) bond motifs is 1. The summed E-state index contributed by atoms with van der Waals surface area (Å²) in [6, 6.07) is 15.8. The standard InChI is InChI=1S/C15H14ClNO/c16-13-7-5-12(6-8-13)15-14-4-2-1-3-11(14)9-10-17(15)18/h1-8,15,18H,9-10H2/t15-/m0/s1. The van der Waals surface area contributed by atoms with E-state index in [0.29, 0.717) is 11.6 Å². The van der Waals surface area contributed by atoms with Gasteiger partial charge in [-0.2, -0.15) is 5.06 Å². The van der Waals surface area contributed by atoms with Gasteiger partial charge in [0.25, 0.3) is 0 Å². The average Bonchev–Trinajstić information content (AvgIpc) is 2.40. The molecule has 0 aliphatic carbocycles. The molecular weight excluding hydrogens is 246 g/mol. The van der Waals surface area contributed by atoms with E-state index in [1.165, 1.54) is 16.2 Å². The van der Waals surface area contributed by atoms with Crippen molar-refractivity contribution in [2.75, 3.05) is 6.54 Å². The first-order chi connectivity index (χ1) is 8.75. The molecule has 1 atom stereocenters. The summed E-state index contributed by atoms with van der Waals surface area (Å²) in [6.45, 7) is 0.657. The Morgan fingerprint density at radius 3 is 2.56 bits per heavy atom. The van der Waals surface area contributed by atoms with Crippen LogP contribution in [-0.4, -0.2) is 16.8 Å². The maximum atomic E-state index is 10.1. The number of halogens is 1. The summed E-state index contributed by atoms with van der Waals surface area (Å²) in [5.41, 5.74) is 3.55. The lowest BCUT2D eigenvalue weighted by atomic mass is 9.89. The fraction of sp³-hybridized carbons (Fsp3) is 0.200. The second-order valence-electron chi connectivity index (χ2n) is 4.57. The zero-order valence-corrected chi connectivity index (χ0v) is 10.6. The van der Waals surface area contributed by atoms with E-state index >= 15 is 0 Å². The van der Waals surface area contributed by atoms with Crippen LogP contribution in [0.15, 0.2) is 48.5 Å². The van der Waals surface area contributed by atoms with Gasteiger partial charge in [0.2, 0.25) is 0 Å². The second kappa shape index (κ2) is 4.73. The minimum Gasteiger partial charge on any atom is -0.313 e. The van der Waals surface area contributed by atoms with E-state index < -0.39 is 0 Å². The summed E-state index contributed by atoms with van der Waals surface area (Å²) in [5, 5.41) is 12.3. The molecule has 0 spiro atoms. The molecule has 3 heteroatoms. The number of hydrogen-bond acceptors (Lipinski definition) is 2. The zero-order valence-electron chi connectivity index (χ0n) is 9.88. The Morgan fingerprint density at radius 2 is 1.78 bits per heavy atom. The molecule has 18 heavy (non-hydrogen) atoms. The van der Waals surface area contributed by atoms with Gasteiger partial charge in [0.15, 0.2) is 0 Å². The molecule has 2 nitrogen and oxygen atoms in total. The van der Waals surface area contributed by atoms with E-state index in [2.05, 4.69) is 12.1 Å². The number of rotatable bonds is 1. The molecule has 1 aliphatic heterocycles. The van der Waals surface area contributed by atoms with Crippen molar-refractivity contribution in [2.45, 2.75) is 12.5 Å². The fourth-order valence-corrected chi connectivity index (χ4v) is 2.68. The molecule has 0 amide bonds. The first kappa shape index (κ1) is 11.7. The van der Waals surface area contributed by atoms with E-state index in [-0.39, 0.29) is 6.04 Å². The first-order valence-corrected chi connectivity index (χ1v) is 6.42. The molecule has 1 heterocycles. The van der Waals surface area contributed by atoms with Gasteiger partial charge in [0, 0.05) is 11.6 Å². The SMILES string of the molecule is ON1CCc2ccccc2[C@@H]1c1ccc(Cl)cc1. The van der Waals surface area contributed by atoms with Crippen LogP contribution in [0.1, 0.15) is 22.7 Å². The van der Waals surface area contributed by atoms with Gasteiger partial charge in [-0.3, -0.25) is 0 Å². The molecule has 1 aliphatic rings. The predicted octanol–water partition coefficient (Wildman–Crippen LogP) is 3.68. The van der Waals surface area contributed by atoms with Gasteiger partial charge in [-0.05, 0) is 35.2 Å². The Morgan fingerprint density at radius 1 is 1.06 bits per heavy atom. The zero-order chi connectivity index (χ0) is 12.5. The highest BCUT2D eigenvalue weighted by Crippen LogP contribution is 2.34. The predicted molar refractivity (Wildman–Crippen MR) is 71.9 cm³/mol. The van der Waals surface area contributed by atoms with Gasteiger partial charge in [-0.1, -0.05) is 48.0 Å². The van der Waals surface area contributed by atoms with Crippen molar-refractivity contribution in [1.82, 2.24) is 5.06 Å². The molecule has 0 bridgehead atoms. The molecule has 0 fully saturated rings. The van der Waals surface area contributed by atoms with Gasteiger partial charge in [-0.25, -0.2) is 0 Å². The molecule has 1 N–H and O–H groups in total. The molecule has 2 aromatic carbocycles. The highest BCUT2D eigenvalue weighted by Gasteiger charge is 2.27. The Kier molecular flexibility index (Phi) is 3.08. The van der Waals surface area contributed by atoms with Crippen LogP contribution in [0.2, 0.25) is 5.02 Å². The Bertz CT molecular complexity index is 553. The Labute approximate surface area is 111 Å². The topological polar surface area (TPSA) is 23.5 Å². The molecule has 2 aromatic rings. The molecule has 0 unspecified atom stereocenters. The van der Waals surface area contributed by atoms with Gasteiger partial charge in [0.1, 0.15) is 0 Å². The van der Waals surface area contributed by atoms with Crippen LogP contribution in [0.4, 0.5) is 0 Å². The molecule has 0 saturated heterocycles. The Balaban J connectivity index is 2.07. The lowest BCUT2D eigenvalue weighted by Crippen LogP contribution is -2.33. The smallest absolute Gasteiger partial charge is 0.0852 e. The Hall–Kier alpha value is -1.35. The van der Waals surface area contributed by atoms with Gasteiger partial charge in [-0.15, -0.1) is 0 Å². The maximum Gasteiger partial charge on any atom is 0.0852 e. The average molecular weight is 260 g/mol. The van der Waals surface area contributed by atoms with Gasteiger partial charge in [0.05, 0.1) is 6.04 Å². The number of hydrogen-bond donors (Lipinski definition) is 1. The molecular formula is C15H14ClNO. The van der Waals surface area contributed by atoms with Gasteiger partial charge >= 0.3 is 0 Å². The van der Waals surface area contributed by atoms with E-state index in [1.807, 2.05) is 36.4 Å². The van der Waals surface area contributed by atoms with Crippen LogP contribution in [0.3, 0.4) is 0 Å². The van der Waals surface area contributed by atoms with Crippen molar-refractivity contribution in [2.24, 2.45) is 0 Å². The van der Waals surface area contributed by atoms with Crippen LogP contribution < -0.4 is 0 Å². The van der Waals surface area contributed by atoms with Crippen LogP contribution in [0, 0.1) is 0 Å². The van der Waals surface area contributed by atoms with Crippen molar-refractivity contribution < 1.29 is 5.21 Å². The maximum absolute atomic E-state index is 10.1. The molecule has 0 radical (unpaired) electrons. The number of hydroxylamine groups is 2. The summed E-state index contributed by atoms with van der Waals surface area (Å²) in [7, 11) is 0. The summed E-state index contributed by atoms with van der Waals surface area (Å²) < 4.78 is 0. The first-order valence-electron chi connectivity index (χ1n) is 6.04. The molecule has 92 valence electrons. The van der Waals surface area contributed by atoms with Crippen molar-refractivity contribution in [3.05, 3.63) is 70.2 Å². The number of nitrogens with zero attached hydrogens (tertiary/aromatic N) is 1. The minimum atomic E-state index is -0.0905. The third-order valence-corrected chi connectivity index (χ3v) is 3.70. The molecule has 0 aromatic heterocycles. The summed E-state index contributed by atoms with van der Waals surface area (Å²) in [4.78, 5) is 0. The molecule has 3 rings (SSSR count). The largest absolute Gasteiger partial charge is 0.313 e. The van der Waals surface area contributed by atoms with E-state index in [0.717, 1.165) is 12.0 Å². The lowest BCUT2D eigenvalue weighted by molar-refractivity contribution is -0.121. The van der Waals surface area contributed by atoms with Crippen molar-refractivity contribution >= 4 is 11.6 Å². The third kappa shape index (κ3) is 2.03. The quantitative estimate of drug-likeness (QED) is 0.845. The van der Waals surface area contributed by atoms with Crippen molar-refractivity contribution in [3.8, 4) is 0 Å². The summed E-state index contributed by atoms with van der Waals surface area (Å²) in [6.07, 6.45) is 0.886. The van der Waals surface area contributed by atoms with Crippen LogP contribution in [0.5, 0.6) is 0 Å². The van der Waals surface area contributed by atoms with Crippen LogP contribution in [0.25, 0.3) is 0 Å². The van der Waals surface area contributed by atoms with Crippen molar-refractivity contribution in [1.29, 1.82) is 0 Å². The third-order valence-electron chi connectivity index (χ3n) is 3.44. The fourth-order valence-electron chi connectivity index (χ4n) is 2.55. The van der Waals surface area contributed by atoms with Crippen molar-refractivity contribution in [3.63, 3.8) is 0 Å². The van der Waals surface area contributed by atoms with Crippen LogP contribution in [-0.2, 0) is 6.42 Å². The van der Waals surface area contributed by atoms with Crippen LogP contribution >= 0.6 is 11.6 Å².